The minimum Gasteiger partial charge on any atom is -0.481 e. The normalized spacial score (nSPS) is 10.5. The van der Waals surface area contributed by atoms with Gasteiger partial charge in [-0.15, -0.1) is 0 Å². The summed E-state index contributed by atoms with van der Waals surface area (Å²) in [6.07, 6.45) is 0.221. The zero-order chi connectivity index (χ0) is 12.1. The van der Waals surface area contributed by atoms with Gasteiger partial charge >= 0.3 is 12.6 Å². The van der Waals surface area contributed by atoms with Crippen LogP contribution in [0.3, 0.4) is 0 Å². The number of ether oxygens (including phenoxy) is 1. The molecule has 0 saturated heterocycles. The Bertz CT molecular complexity index is 382. The number of aliphatic carboxylic acids is 1. The van der Waals surface area contributed by atoms with Gasteiger partial charge in [-0.2, -0.15) is 8.78 Å². The Labute approximate surface area is 99.2 Å². The van der Waals surface area contributed by atoms with Crippen LogP contribution in [0.4, 0.5) is 8.78 Å². The van der Waals surface area contributed by atoms with E-state index in [1.54, 1.807) is 6.07 Å². The smallest absolute Gasteiger partial charge is 0.387 e. The Morgan fingerprint density at radius 2 is 2.12 bits per heavy atom. The monoisotopic (exact) mass is 294 g/mol. The van der Waals surface area contributed by atoms with E-state index in [4.69, 9.17) is 5.11 Å². The standard InChI is InChI=1S/C10H9BrF2O3/c11-7-3-6(1-2-9(14)15)4-8(5-7)16-10(12)13/h3-5,10H,1-2H2,(H,14,15). The van der Waals surface area contributed by atoms with Crippen molar-refractivity contribution in [2.24, 2.45) is 0 Å². The van der Waals surface area contributed by atoms with E-state index in [1.165, 1.54) is 12.1 Å². The van der Waals surface area contributed by atoms with E-state index < -0.39 is 12.6 Å². The van der Waals surface area contributed by atoms with Gasteiger partial charge in [0.1, 0.15) is 5.75 Å². The molecule has 0 bridgehead atoms. The summed E-state index contributed by atoms with van der Waals surface area (Å²) in [5, 5.41) is 8.50. The van der Waals surface area contributed by atoms with Crippen molar-refractivity contribution in [3.8, 4) is 5.75 Å². The number of carbonyl (C=O) groups is 1. The molecule has 0 spiro atoms. The number of carboxylic acid groups (broad SMARTS) is 1. The second-order valence-corrected chi connectivity index (χ2v) is 3.98. The molecule has 0 unspecified atom stereocenters. The van der Waals surface area contributed by atoms with Gasteiger partial charge in [-0.3, -0.25) is 4.79 Å². The van der Waals surface area contributed by atoms with Crippen LogP contribution in [0.15, 0.2) is 22.7 Å². The summed E-state index contributed by atoms with van der Waals surface area (Å²) >= 11 is 3.14. The molecular formula is C10H9BrF2O3. The van der Waals surface area contributed by atoms with E-state index in [-0.39, 0.29) is 18.6 Å². The third kappa shape index (κ3) is 4.57. The van der Waals surface area contributed by atoms with Crippen molar-refractivity contribution in [3.63, 3.8) is 0 Å². The van der Waals surface area contributed by atoms with Crippen molar-refractivity contribution in [2.75, 3.05) is 0 Å². The number of aryl methyl sites for hydroxylation is 1. The van der Waals surface area contributed by atoms with Gasteiger partial charge in [-0.25, -0.2) is 0 Å². The maximum absolute atomic E-state index is 12.0. The first kappa shape index (κ1) is 12.9. The average molecular weight is 295 g/mol. The Balaban J connectivity index is 2.77. The van der Waals surface area contributed by atoms with E-state index in [9.17, 15) is 13.6 Å². The molecule has 0 saturated carbocycles. The van der Waals surface area contributed by atoms with Crippen molar-refractivity contribution in [2.45, 2.75) is 19.5 Å². The Morgan fingerprint density at radius 1 is 1.44 bits per heavy atom. The lowest BCUT2D eigenvalue weighted by Gasteiger charge is -2.07. The first-order valence-corrected chi connectivity index (χ1v) is 5.23. The van der Waals surface area contributed by atoms with Crippen LogP contribution in [-0.2, 0) is 11.2 Å². The molecule has 1 N–H and O–H groups in total. The molecule has 0 amide bonds. The van der Waals surface area contributed by atoms with Gasteiger partial charge in [0.15, 0.2) is 0 Å². The van der Waals surface area contributed by atoms with Gasteiger partial charge in [-0.1, -0.05) is 15.9 Å². The molecule has 6 heteroatoms. The van der Waals surface area contributed by atoms with Gasteiger partial charge in [0.2, 0.25) is 0 Å². The van der Waals surface area contributed by atoms with E-state index in [0.29, 0.717) is 10.0 Å². The molecule has 0 heterocycles. The molecular weight excluding hydrogens is 286 g/mol. The lowest BCUT2D eigenvalue weighted by Crippen LogP contribution is -2.03. The first-order valence-electron chi connectivity index (χ1n) is 4.43. The fourth-order valence-electron chi connectivity index (χ4n) is 1.19. The Kier molecular flexibility index (Phi) is 4.67. The highest BCUT2D eigenvalue weighted by molar-refractivity contribution is 9.10. The highest BCUT2D eigenvalue weighted by Crippen LogP contribution is 2.23. The molecule has 0 aliphatic carbocycles. The van der Waals surface area contributed by atoms with E-state index >= 15 is 0 Å². The van der Waals surface area contributed by atoms with Crippen molar-refractivity contribution in [1.82, 2.24) is 0 Å². The molecule has 16 heavy (non-hydrogen) atoms. The summed E-state index contributed by atoms with van der Waals surface area (Å²) in [5.74, 6) is -0.916. The zero-order valence-corrected chi connectivity index (χ0v) is 9.71. The van der Waals surface area contributed by atoms with Crippen LogP contribution in [-0.4, -0.2) is 17.7 Å². The van der Waals surface area contributed by atoms with Crippen LogP contribution >= 0.6 is 15.9 Å². The molecule has 0 aromatic heterocycles. The quantitative estimate of drug-likeness (QED) is 0.908. The number of halogens is 3. The van der Waals surface area contributed by atoms with Gasteiger partial charge in [-0.05, 0) is 30.2 Å². The lowest BCUT2D eigenvalue weighted by molar-refractivity contribution is -0.136. The van der Waals surface area contributed by atoms with Crippen molar-refractivity contribution in [1.29, 1.82) is 0 Å². The summed E-state index contributed by atoms with van der Waals surface area (Å²) < 4.78 is 28.7. The molecule has 3 nitrogen and oxygen atoms in total. The predicted molar refractivity (Wildman–Crippen MR) is 56.7 cm³/mol. The molecule has 0 atom stereocenters. The van der Waals surface area contributed by atoms with Gasteiger partial charge in [0.25, 0.3) is 0 Å². The predicted octanol–water partition coefficient (Wildman–Crippen LogP) is 3.07. The second-order valence-electron chi connectivity index (χ2n) is 3.07. The molecule has 1 rings (SSSR count). The summed E-state index contributed by atoms with van der Waals surface area (Å²) in [6.45, 7) is -2.89. The molecule has 0 aliphatic rings. The number of alkyl halides is 2. The molecule has 1 aromatic rings. The third-order valence-corrected chi connectivity index (χ3v) is 2.24. The van der Waals surface area contributed by atoms with E-state index in [0.717, 1.165) is 0 Å². The largest absolute Gasteiger partial charge is 0.481 e. The van der Waals surface area contributed by atoms with Crippen LogP contribution < -0.4 is 4.74 Å². The second kappa shape index (κ2) is 5.79. The number of hydrogen-bond acceptors (Lipinski definition) is 2. The first-order chi connectivity index (χ1) is 7.47. The topological polar surface area (TPSA) is 46.5 Å². The maximum Gasteiger partial charge on any atom is 0.387 e. The molecule has 1 aromatic carbocycles. The summed E-state index contributed by atoms with van der Waals surface area (Å²) in [4.78, 5) is 10.4. The van der Waals surface area contributed by atoms with Crippen molar-refractivity contribution >= 4 is 21.9 Å². The minimum absolute atomic E-state index is 0.0183. The Hall–Kier alpha value is -1.17. The Morgan fingerprint density at radius 3 is 2.69 bits per heavy atom. The van der Waals surface area contributed by atoms with Crippen LogP contribution in [0.2, 0.25) is 0 Å². The van der Waals surface area contributed by atoms with Crippen LogP contribution in [0.5, 0.6) is 5.75 Å². The third-order valence-electron chi connectivity index (χ3n) is 1.78. The summed E-state index contributed by atoms with van der Waals surface area (Å²) in [6, 6.07) is 4.47. The number of hydrogen-bond donors (Lipinski definition) is 1. The molecule has 0 aliphatic heterocycles. The zero-order valence-electron chi connectivity index (χ0n) is 8.12. The van der Waals surface area contributed by atoms with Crippen LogP contribution in [0.1, 0.15) is 12.0 Å². The molecule has 88 valence electrons. The van der Waals surface area contributed by atoms with Crippen molar-refractivity contribution in [3.05, 3.63) is 28.2 Å². The number of carboxylic acids is 1. The van der Waals surface area contributed by atoms with Crippen LogP contribution in [0.25, 0.3) is 0 Å². The van der Waals surface area contributed by atoms with Gasteiger partial charge < -0.3 is 9.84 Å². The summed E-state index contributed by atoms with van der Waals surface area (Å²) in [5.41, 5.74) is 0.632. The minimum atomic E-state index is -2.89. The highest BCUT2D eigenvalue weighted by Gasteiger charge is 2.07. The van der Waals surface area contributed by atoms with Gasteiger partial charge in [0.05, 0.1) is 0 Å². The highest BCUT2D eigenvalue weighted by atomic mass is 79.9. The fourth-order valence-corrected chi connectivity index (χ4v) is 1.71. The number of benzene rings is 1. The maximum atomic E-state index is 12.0. The number of rotatable bonds is 5. The summed E-state index contributed by atoms with van der Waals surface area (Å²) in [7, 11) is 0. The van der Waals surface area contributed by atoms with E-state index in [1.807, 2.05) is 0 Å². The van der Waals surface area contributed by atoms with Crippen molar-refractivity contribution < 1.29 is 23.4 Å². The molecule has 0 fully saturated rings. The van der Waals surface area contributed by atoms with Crippen LogP contribution in [0, 0.1) is 0 Å². The lowest BCUT2D eigenvalue weighted by atomic mass is 10.1. The fraction of sp³-hybridized carbons (Fsp3) is 0.300. The average Bonchev–Trinajstić information content (AvgIpc) is 2.12. The SMILES string of the molecule is O=C(O)CCc1cc(Br)cc(OC(F)F)c1. The van der Waals surface area contributed by atoms with E-state index in [2.05, 4.69) is 20.7 Å². The molecule has 0 radical (unpaired) electrons. The van der Waals surface area contributed by atoms with Gasteiger partial charge in [0, 0.05) is 10.9 Å².